The Bertz CT molecular complexity index is 771. The number of ether oxygens (including phenoxy) is 3. The molecule has 2 bridgehead atoms. The Morgan fingerprint density at radius 1 is 0.966 bits per heavy atom. The molecule has 2 aromatic rings. The molecule has 29 heavy (non-hydrogen) atoms. The minimum Gasteiger partial charge on any atom is -0.486 e. The lowest BCUT2D eigenvalue weighted by Gasteiger charge is -2.47. The van der Waals surface area contributed by atoms with Gasteiger partial charge in [-0.05, 0) is 36.1 Å². The van der Waals surface area contributed by atoms with Crippen LogP contribution < -0.4 is 9.47 Å². The number of piperidine rings is 1. The molecule has 5 heteroatoms. The monoisotopic (exact) mass is 399 g/mol. The molecule has 156 valence electrons. The van der Waals surface area contributed by atoms with Crippen LogP contribution in [-0.4, -0.2) is 38.0 Å². The van der Waals surface area contributed by atoms with Crippen LogP contribution in [0.3, 0.4) is 0 Å². The van der Waals surface area contributed by atoms with Gasteiger partial charge in [-0.25, -0.2) is 4.39 Å². The lowest BCUT2D eigenvalue weighted by atomic mass is 9.75. The Balaban J connectivity index is 1.47. The SMILES string of the molecule is COCOc1cc(CF)ccc1O[C@H]1[C@@H]2CCC[C@H]1CN(Cc1ccccc1)C2. The number of methoxy groups -OCH3 is 1. The zero-order valence-electron chi connectivity index (χ0n) is 17.1. The number of hydrogen-bond donors (Lipinski definition) is 0. The Morgan fingerprint density at radius 2 is 1.72 bits per heavy atom. The van der Waals surface area contributed by atoms with Gasteiger partial charge in [-0.2, -0.15) is 0 Å². The molecule has 0 radical (unpaired) electrons. The van der Waals surface area contributed by atoms with E-state index in [9.17, 15) is 4.39 Å². The normalized spacial score (nSPS) is 24.3. The maximum absolute atomic E-state index is 13.1. The molecule has 2 fully saturated rings. The number of nitrogens with zero attached hydrogens (tertiary/aromatic N) is 1. The number of rotatable bonds is 8. The highest BCUT2D eigenvalue weighted by atomic mass is 19.1. The van der Waals surface area contributed by atoms with Crippen molar-refractivity contribution >= 4 is 0 Å². The first-order valence-electron chi connectivity index (χ1n) is 10.5. The maximum atomic E-state index is 13.1. The van der Waals surface area contributed by atoms with Gasteiger partial charge in [0.2, 0.25) is 0 Å². The van der Waals surface area contributed by atoms with Crippen molar-refractivity contribution in [2.45, 2.75) is 38.6 Å². The van der Waals surface area contributed by atoms with Crippen molar-refractivity contribution in [3.05, 3.63) is 59.7 Å². The summed E-state index contributed by atoms with van der Waals surface area (Å²) in [5, 5.41) is 0. The predicted molar refractivity (Wildman–Crippen MR) is 111 cm³/mol. The zero-order chi connectivity index (χ0) is 20.1. The molecule has 1 heterocycles. The van der Waals surface area contributed by atoms with Gasteiger partial charge < -0.3 is 14.2 Å². The Kier molecular flexibility index (Phi) is 6.67. The molecule has 2 aromatic carbocycles. The lowest BCUT2D eigenvalue weighted by molar-refractivity contribution is -0.0392. The second-order valence-corrected chi connectivity index (χ2v) is 8.18. The highest BCUT2D eigenvalue weighted by Gasteiger charge is 2.41. The molecule has 0 spiro atoms. The van der Waals surface area contributed by atoms with E-state index in [1.807, 2.05) is 6.07 Å². The number of hydrogen-bond acceptors (Lipinski definition) is 4. The number of benzene rings is 2. The van der Waals surface area contributed by atoms with Crippen LogP contribution in [0.2, 0.25) is 0 Å². The maximum Gasteiger partial charge on any atom is 0.188 e. The largest absolute Gasteiger partial charge is 0.486 e. The first kappa shape index (κ1) is 20.2. The molecule has 1 saturated carbocycles. The van der Waals surface area contributed by atoms with Gasteiger partial charge in [0.05, 0.1) is 0 Å². The van der Waals surface area contributed by atoms with Crippen LogP contribution in [0.25, 0.3) is 0 Å². The van der Waals surface area contributed by atoms with Crippen molar-refractivity contribution in [3.63, 3.8) is 0 Å². The van der Waals surface area contributed by atoms with Gasteiger partial charge in [-0.1, -0.05) is 42.8 Å². The fourth-order valence-corrected chi connectivity index (χ4v) is 4.76. The van der Waals surface area contributed by atoms with Crippen LogP contribution in [0.1, 0.15) is 30.4 Å². The van der Waals surface area contributed by atoms with Crippen molar-refractivity contribution in [2.75, 3.05) is 27.0 Å². The van der Waals surface area contributed by atoms with Gasteiger partial charge in [-0.15, -0.1) is 0 Å². The molecular weight excluding hydrogens is 369 g/mol. The summed E-state index contributed by atoms with van der Waals surface area (Å²) in [7, 11) is 1.58. The summed E-state index contributed by atoms with van der Waals surface area (Å²) >= 11 is 0. The first-order chi connectivity index (χ1) is 14.3. The highest BCUT2D eigenvalue weighted by Crippen LogP contribution is 2.40. The molecule has 2 aliphatic rings. The molecule has 1 aliphatic carbocycles. The van der Waals surface area contributed by atoms with E-state index in [0.29, 0.717) is 28.9 Å². The van der Waals surface area contributed by atoms with Crippen molar-refractivity contribution in [2.24, 2.45) is 11.8 Å². The van der Waals surface area contributed by atoms with Gasteiger partial charge in [0.15, 0.2) is 18.3 Å². The minimum atomic E-state index is -0.521. The molecule has 0 unspecified atom stereocenters. The van der Waals surface area contributed by atoms with Crippen LogP contribution in [0.5, 0.6) is 11.5 Å². The van der Waals surface area contributed by atoms with Crippen molar-refractivity contribution in [3.8, 4) is 11.5 Å². The molecule has 4 nitrogen and oxygen atoms in total. The fourth-order valence-electron chi connectivity index (χ4n) is 4.76. The number of halogens is 1. The van der Waals surface area contributed by atoms with Gasteiger partial charge >= 0.3 is 0 Å². The van der Waals surface area contributed by atoms with Gasteiger partial charge in [-0.3, -0.25) is 4.90 Å². The average molecular weight is 400 g/mol. The third-order valence-electron chi connectivity index (χ3n) is 6.07. The fraction of sp³-hybridized carbons (Fsp3) is 0.500. The van der Waals surface area contributed by atoms with Gasteiger partial charge in [0.1, 0.15) is 12.8 Å². The minimum absolute atomic E-state index is 0.120. The molecule has 3 atom stereocenters. The van der Waals surface area contributed by atoms with Gasteiger partial charge in [0, 0.05) is 38.6 Å². The third kappa shape index (κ3) is 4.90. The number of likely N-dealkylation sites (tertiary alicyclic amines) is 1. The van der Waals surface area contributed by atoms with E-state index in [2.05, 4.69) is 35.2 Å². The summed E-state index contributed by atoms with van der Waals surface area (Å²) in [6, 6.07) is 16.0. The molecule has 0 aromatic heterocycles. The molecule has 4 rings (SSSR count). The van der Waals surface area contributed by atoms with Crippen LogP contribution in [0.15, 0.2) is 48.5 Å². The number of fused-ring (bicyclic) bond motifs is 2. The predicted octanol–water partition coefficient (Wildman–Crippen LogP) is 4.82. The second-order valence-electron chi connectivity index (χ2n) is 8.18. The second kappa shape index (κ2) is 9.59. The van der Waals surface area contributed by atoms with E-state index in [-0.39, 0.29) is 12.9 Å². The van der Waals surface area contributed by atoms with E-state index < -0.39 is 6.67 Å². The average Bonchev–Trinajstić information content (AvgIpc) is 2.74. The molecular formula is C24H30FNO3. The van der Waals surface area contributed by atoms with E-state index in [1.54, 1.807) is 19.2 Å². The molecule has 0 N–H and O–H groups in total. The smallest absolute Gasteiger partial charge is 0.188 e. The Hall–Kier alpha value is -2.11. The highest BCUT2D eigenvalue weighted by molar-refractivity contribution is 5.43. The topological polar surface area (TPSA) is 30.9 Å². The zero-order valence-corrected chi connectivity index (χ0v) is 17.1. The van der Waals surface area contributed by atoms with Gasteiger partial charge in [0.25, 0.3) is 0 Å². The van der Waals surface area contributed by atoms with E-state index in [1.165, 1.54) is 24.8 Å². The molecule has 1 saturated heterocycles. The summed E-state index contributed by atoms with van der Waals surface area (Å²) in [4.78, 5) is 2.57. The number of alkyl halides is 1. The summed E-state index contributed by atoms with van der Waals surface area (Å²) in [5.41, 5.74) is 1.95. The quantitative estimate of drug-likeness (QED) is 0.596. The molecule has 1 aliphatic heterocycles. The lowest BCUT2D eigenvalue weighted by Crippen LogP contribution is -2.53. The summed E-state index contributed by atoms with van der Waals surface area (Å²) in [6.07, 6.45) is 3.81. The standard InChI is InChI=1S/C24H30FNO3/c1-27-17-28-23-12-19(13-25)10-11-22(23)29-24-20-8-5-9-21(24)16-26(15-20)14-18-6-3-2-4-7-18/h2-4,6-7,10-12,20-21,24H,5,8-9,13-17H2,1H3/t20-,21+,24+. The van der Waals surface area contributed by atoms with E-state index >= 15 is 0 Å². The van der Waals surface area contributed by atoms with Crippen LogP contribution in [0.4, 0.5) is 4.39 Å². The van der Waals surface area contributed by atoms with Crippen LogP contribution in [0, 0.1) is 11.8 Å². The van der Waals surface area contributed by atoms with E-state index in [4.69, 9.17) is 14.2 Å². The first-order valence-corrected chi connectivity index (χ1v) is 10.5. The van der Waals surface area contributed by atoms with Crippen molar-refractivity contribution < 1.29 is 18.6 Å². The summed E-state index contributed by atoms with van der Waals surface area (Å²) in [5.74, 6) is 2.26. The van der Waals surface area contributed by atoms with Crippen LogP contribution in [-0.2, 0) is 18.0 Å². The van der Waals surface area contributed by atoms with E-state index in [0.717, 1.165) is 19.6 Å². The summed E-state index contributed by atoms with van der Waals surface area (Å²) in [6.45, 7) is 2.69. The summed E-state index contributed by atoms with van der Waals surface area (Å²) < 4.78 is 30.3. The van der Waals surface area contributed by atoms with Crippen LogP contribution >= 0.6 is 0 Å². The third-order valence-corrected chi connectivity index (χ3v) is 6.07. The molecule has 0 amide bonds. The Morgan fingerprint density at radius 3 is 2.41 bits per heavy atom. The Labute approximate surface area is 172 Å². The van der Waals surface area contributed by atoms with Crippen molar-refractivity contribution in [1.82, 2.24) is 4.90 Å². The van der Waals surface area contributed by atoms with Crippen molar-refractivity contribution in [1.29, 1.82) is 0 Å².